The lowest BCUT2D eigenvalue weighted by molar-refractivity contribution is 0.0982. The van der Waals surface area contributed by atoms with Crippen molar-refractivity contribution in [2.75, 3.05) is 5.75 Å². The number of thioether (sulfide) groups is 1. The maximum absolute atomic E-state index is 12.0. The number of pyridine rings is 1. The van der Waals surface area contributed by atoms with Crippen LogP contribution in [0.5, 0.6) is 0 Å². The lowest BCUT2D eigenvalue weighted by Gasteiger charge is -2.02. The van der Waals surface area contributed by atoms with Gasteiger partial charge in [0.2, 0.25) is 0 Å². The Morgan fingerprint density at radius 2 is 1.96 bits per heavy atom. The first-order valence-corrected chi connectivity index (χ1v) is 8.80. The van der Waals surface area contributed by atoms with Crippen molar-refractivity contribution in [1.29, 1.82) is 0 Å². The number of hydrogen-bond acceptors (Lipinski definition) is 4. The number of Topliss-reactive ketones (excluding diaryl/α,β-unsaturated/α-hetero) is 1. The molecule has 0 aliphatic heterocycles. The number of fused-ring (bicyclic) bond motifs is 1. The number of nitrogens with zero attached hydrogens (tertiary/aromatic N) is 3. The standard InChI is InChI=1S/C16H13Cl2N3OS/c17-12-9-13(18)15-19-20-16(21(15)10-12)23-8-4-7-14(22)11-5-2-1-3-6-11/h1-3,5-6,9-10H,4,7-8H2. The smallest absolute Gasteiger partial charge is 0.195 e. The number of hydrogen-bond donors (Lipinski definition) is 0. The lowest BCUT2D eigenvalue weighted by atomic mass is 10.1. The summed E-state index contributed by atoms with van der Waals surface area (Å²) in [5, 5.41) is 9.89. The maximum atomic E-state index is 12.0. The fraction of sp³-hybridized carbons (Fsp3) is 0.188. The van der Waals surface area contributed by atoms with Crippen LogP contribution in [0, 0.1) is 0 Å². The van der Waals surface area contributed by atoms with E-state index in [9.17, 15) is 4.79 Å². The van der Waals surface area contributed by atoms with Gasteiger partial charge in [-0.05, 0) is 12.5 Å². The fourth-order valence-electron chi connectivity index (χ4n) is 2.17. The van der Waals surface area contributed by atoms with Crippen molar-refractivity contribution in [1.82, 2.24) is 14.6 Å². The topological polar surface area (TPSA) is 47.3 Å². The molecule has 2 heterocycles. The van der Waals surface area contributed by atoms with E-state index in [1.165, 1.54) is 11.8 Å². The summed E-state index contributed by atoms with van der Waals surface area (Å²) in [4.78, 5) is 12.0. The van der Waals surface area contributed by atoms with Gasteiger partial charge in [-0.3, -0.25) is 9.20 Å². The molecular formula is C16H13Cl2N3OS. The Bertz CT molecular complexity index is 836. The van der Waals surface area contributed by atoms with Crippen LogP contribution in [0.25, 0.3) is 5.65 Å². The minimum absolute atomic E-state index is 0.156. The van der Waals surface area contributed by atoms with E-state index in [0.29, 0.717) is 22.1 Å². The molecule has 0 fully saturated rings. The fourth-order valence-corrected chi connectivity index (χ4v) is 3.52. The van der Waals surface area contributed by atoms with E-state index in [2.05, 4.69) is 10.2 Å². The highest BCUT2D eigenvalue weighted by molar-refractivity contribution is 7.99. The Morgan fingerprint density at radius 1 is 1.17 bits per heavy atom. The van der Waals surface area contributed by atoms with Crippen molar-refractivity contribution in [3.8, 4) is 0 Å². The number of ketones is 1. The highest BCUT2D eigenvalue weighted by atomic mass is 35.5. The maximum Gasteiger partial charge on any atom is 0.195 e. The molecule has 0 unspecified atom stereocenters. The van der Waals surface area contributed by atoms with Gasteiger partial charge in [0, 0.05) is 23.9 Å². The van der Waals surface area contributed by atoms with E-state index < -0.39 is 0 Å². The molecule has 0 atom stereocenters. The van der Waals surface area contributed by atoms with Gasteiger partial charge in [-0.1, -0.05) is 65.3 Å². The molecule has 0 aliphatic rings. The summed E-state index contributed by atoms with van der Waals surface area (Å²) in [6.07, 6.45) is 3.01. The minimum Gasteiger partial charge on any atom is -0.294 e. The van der Waals surface area contributed by atoms with E-state index in [1.807, 2.05) is 30.3 Å². The third-order valence-electron chi connectivity index (χ3n) is 3.27. The first-order chi connectivity index (χ1) is 11.1. The number of benzene rings is 1. The van der Waals surface area contributed by atoms with Gasteiger partial charge in [0.25, 0.3) is 0 Å². The van der Waals surface area contributed by atoms with Gasteiger partial charge in [-0.2, -0.15) is 0 Å². The van der Waals surface area contributed by atoms with Gasteiger partial charge in [0.05, 0.1) is 10.0 Å². The predicted molar refractivity (Wildman–Crippen MR) is 93.7 cm³/mol. The summed E-state index contributed by atoms with van der Waals surface area (Å²) in [5.41, 5.74) is 1.34. The highest BCUT2D eigenvalue weighted by Gasteiger charge is 2.11. The van der Waals surface area contributed by atoms with Crippen LogP contribution in [-0.4, -0.2) is 26.1 Å². The molecular weight excluding hydrogens is 353 g/mol. The van der Waals surface area contributed by atoms with Crippen molar-refractivity contribution in [3.63, 3.8) is 0 Å². The van der Waals surface area contributed by atoms with Crippen molar-refractivity contribution in [2.45, 2.75) is 18.0 Å². The molecule has 4 nitrogen and oxygen atoms in total. The number of carbonyl (C=O) groups excluding carboxylic acids is 1. The molecule has 0 bridgehead atoms. The van der Waals surface area contributed by atoms with E-state index in [1.54, 1.807) is 16.7 Å². The zero-order valence-corrected chi connectivity index (χ0v) is 14.4. The number of halogens is 2. The predicted octanol–water partition coefficient (Wildman–Crippen LogP) is 4.79. The van der Waals surface area contributed by atoms with Crippen LogP contribution in [0.2, 0.25) is 10.0 Å². The van der Waals surface area contributed by atoms with Crippen LogP contribution in [0.15, 0.2) is 47.8 Å². The van der Waals surface area contributed by atoms with Gasteiger partial charge >= 0.3 is 0 Å². The molecule has 1 aromatic carbocycles. The molecule has 118 valence electrons. The summed E-state index contributed by atoms with van der Waals surface area (Å²) in [7, 11) is 0. The molecule has 0 aliphatic carbocycles. The quantitative estimate of drug-likeness (QED) is 0.357. The Hall–Kier alpha value is -1.56. The summed E-state index contributed by atoms with van der Waals surface area (Å²) >= 11 is 13.6. The lowest BCUT2D eigenvalue weighted by Crippen LogP contribution is -1.99. The third kappa shape index (κ3) is 3.86. The molecule has 0 spiro atoms. The Labute approximate surface area is 147 Å². The van der Waals surface area contributed by atoms with Crippen molar-refractivity contribution >= 4 is 46.4 Å². The van der Waals surface area contributed by atoms with E-state index in [-0.39, 0.29) is 5.78 Å². The van der Waals surface area contributed by atoms with Gasteiger partial charge < -0.3 is 0 Å². The molecule has 3 rings (SSSR count). The molecule has 0 saturated carbocycles. The molecule has 0 N–H and O–H groups in total. The average Bonchev–Trinajstić information content (AvgIpc) is 2.95. The van der Waals surface area contributed by atoms with Gasteiger partial charge in [0.15, 0.2) is 16.6 Å². The zero-order chi connectivity index (χ0) is 16.2. The van der Waals surface area contributed by atoms with Gasteiger partial charge in [-0.25, -0.2) is 0 Å². The van der Waals surface area contributed by atoms with Crippen molar-refractivity contribution < 1.29 is 4.79 Å². The Kier molecular flexibility index (Phi) is 5.20. The van der Waals surface area contributed by atoms with Crippen molar-refractivity contribution in [3.05, 3.63) is 58.2 Å². The van der Waals surface area contributed by atoms with Crippen LogP contribution in [0.1, 0.15) is 23.2 Å². The van der Waals surface area contributed by atoms with Gasteiger partial charge in [-0.15, -0.1) is 10.2 Å². The second-order valence-electron chi connectivity index (χ2n) is 4.92. The molecule has 7 heteroatoms. The molecule has 0 amide bonds. The summed E-state index contributed by atoms with van der Waals surface area (Å²) in [6.45, 7) is 0. The van der Waals surface area contributed by atoms with Crippen LogP contribution in [0.4, 0.5) is 0 Å². The van der Waals surface area contributed by atoms with E-state index in [4.69, 9.17) is 23.2 Å². The largest absolute Gasteiger partial charge is 0.294 e. The average molecular weight is 366 g/mol. The first-order valence-electron chi connectivity index (χ1n) is 7.06. The second kappa shape index (κ2) is 7.34. The molecule has 2 aromatic heterocycles. The summed E-state index contributed by atoms with van der Waals surface area (Å²) < 4.78 is 1.77. The Morgan fingerprint density at radius 3 is 2.74 bits per heavy atom. The molecule has 0 radical (unpaired) electrons. The van der Waals surface area contributed by atoms with E-state index in [0.717, 1.165) is 22.9 Å². The van der Waals surface area contributed by atoms with Gasteiger partial charge in [0.1, 0.15) is 0 Å². The minimum atomic E-state index is 0.156. The normalized spacial score (nSPS) is 11.0. The number of carbonyl (C=O) groups is 1. The third-order valence-corrected chi connectivity index (χ3v) is 4.78. The van der Waals surface area contributed by atoms with Crippen LogP contribution >= 0.6 is 35.0 Å². The number of rotatable bonds is 6. The SMILES string of the molecule is O=C(CCCSc1nnc2c(Cl)cc(Cl)cn12)c1ccccc1. The van der Waals surface area contributed by atoms with Crippen LogP contribution < -0.4 is 0 Å². The second-order valence-corrected chi connectivity index (χ2v) is 6.83. The van der Waals surface area contributed by atoms with E-state index >= 15 is 0 Å². The van der Waals surface area contributed by atoms with Crippen LogP contribution in [0.3, 0.4) is 0 Å². The monoisotopic (exact) mass is 365 g/mol. The zero-order valence-electron chi connectivity index (χ0n) is 12.1. The van der Waals surface area contributed by atoms with Crippen molar-refractivity contribution in [2.24, 2.45) is 0 Å². The highest BCUT2D eigenvalue weighted by Crippen LogP contribution is 2.25. The number of aromatic nitrogens is 3. The Balaban J connectivity index is 1.58. The molecule has 0 saturated heterocycles. The van der Waals surface area contributed by atoms with Crippen LogP contribution in [-0.2, 0) is 0 Å². The summed E-state index contributed by atoms with van der Waals surface area (Å²) in [5.74, 6) is 0.923. The first kappa shape index (κ1) is 16.3. The molecule has 23 heavy (non-hydrogen) atoms. The summed E-state index contributed by atoms with van der Waals surface area (Å²) in [6, 6.07) is 11.0. The molecule has 3 aromatic rings.